The van der Waals surface area contributed by atoms with E-state index in [0.717, 1.165) is 11.3 Å². The van der Waals surface area contributed by atoms with E-state index in [1.54, 1.807) is 42.9 Å². The summed E-state index contributed by atoms with van der Waals surface area (Å²) in [7, 11) is -3.62. The molecule has 0 bridgehead atoms. The number of pyridine rings is 1. The predicted molar refractivity (Wildman–Crippen MR) is 135 cm³/mol. The van der Waals surface area contributed by atoms with Crippen molar-refractivity contribution < 1.29 is 17.6 Å². The van der Waals surface area contributed by atoms with Gasteiger partial charge in [0.2, 0.25) is 10.0 Å². The molecule has 35 heavy (non-hydrogen) atoms. The molecule has 184 valence electrons. The largest absolute Gasteiger partial charge is 0.466 e. The molecule has 1 aromatic carbocycles. The van der Waals surface area contributed by atoms with Crippen LogP contribution in [0.5, 0.6) is 0 Å². The van der Waals surface area contributed by atoms with Gasteiger partial charge < -0.3 is 9.73 Å². The number of anilines is 1. The van der Waals surface area contributed by atoms with E-state index in [4.69, 9.17) is 9.40 Å². The average Bonchev–Trinajstić information content (AvgIpc) is 3.35. The summed E-state index contributed by atoms with van der Waals surface area (Å²) in [5.41, 5.74) is 2.90. The number of hydrogen-bond donors (Lipinski definition) is 2. The number of carbonyl (C=O) groups is 1. The van der Waals surface area contributed by atoms with Gasteiger partial charge in [-0.2, -0.15) is 5.10 Å². The summed E-state index contributed by atoms with van der Waals surface area (Å²) in [6.07, 6.45) is 1.64. The highest BCUT2D eigenvalue weighted by Gasteiger charge is 2.21. The number of hydrogen-bond acceptors (Lipinski definition) is 6. The van der Waals surface area contributed by atoms with Crippen LogP contribution in [0.2, 0.25) is 0 Å². The van der Waals surface area contributed by atoms with Gasteiger partial charge in [0.25, 0.3) is 5.91 Å². The minimum atomic E-state index is -3.62. The van der Waals surface area contributed by atoms with Gasteiger partial charge in [-0.25, -0.2) is 22.8 Å². The Morgan fingerprint density at radius 3 is 2.31 bits per heavy atom. The van der Waals surface area contributed by atoms with E-state index in [0.29, 0.717) is 33.7 Å². The zero-order valence-electron chi connectivity index (χ0n) is 20.6. The van der Waals surface area contributed by atoms with Gasteiger partial charge in [-0.3, -0.25) is 4.79 Å². The van der Waals surface area contributed by atoms with E-state index in [1.807, 2.05) is 33.8 Å². The molecule has 3 heterocycles. The van der Waals surface area contributed by atoms with Crippen LogP contribution in [0.1, 0.15) is 55.6 Å². The Balaban J connectivity index is 1.72. The summed E-state index contributed by atoms with van der Waals surface area (Å²) >= 11 is 0. The number of nitrogens with zero attached hydrogens (tertiary/aromatic N) is 3. The fraction of sp³-hybridized carbons (Fsp3) is 0.320. The first-order valence-electron chi connectivity index (χ1n) is 11.4. The number of rotatable bonds is 7. The van der Waals surface area contributed by atoms with Crippen molar-refractivity contribution in [3.8, 4) is 11.3 Å². The van der Waals surface area contributed by atoms with Gasteiger partial charge >= 0.3 is 0 Å². The van der Waals surface area contributed by atoms with E-state index in [2.05, 4.69) is 15.1 Å². The third kappa shape index (κ3) is 4.98. The lowest BCUT2D eigenvalue weighted by molar-refractivity contribution is 0.102. The molecule has 0 aliphatic carbocycles. The summed E-state index contributed by atoms with van der Waals surface area (Å²) in [5, 5.41) is 7.93. The topological polar surface area (TPSA) is 119 Å². The molecular formula is C25H29N5O4S. The molecule has 4 rings (SSSR count). The first-order chi connectivity index (χ1) is 16.5. The number of sulfonamides is 1. The fourth-order valence-electron chi connectivity index (χ4n) is 3.90. The maximum absolute atomic E-state index is 13.4. The first-order valence-corrected chi connectivity index (χ1v) is 12.8. The number of amides is 1. The van der Waals surface area contributed by atoms with Gasteiger partial charge in [0.15, 0.2) is 5.65 Å². The van der Waals surface area contributed by atoms with Crippen molar-refractivity contribution in [1.82, 2.24) is 19.5 Å². The fourth-order valence-corrected chi connectivity index (χ4v) is 5.15. The molecule has 0 radical (unpaired) electrons. The Labute approximate surface area is 204 Å². The molecule has 3 aromatic heterocycles. The normalized spacial score (nSPS) is 12.1. The minimum Gasteiger partial charge on any atom is -0.466 e. The van der Waals surface area contributed by atoms with Crippen LogP contribution in [0.15, 0.2) is 51.9 Å². The molecule has 0 aliphatic rings. The Bertz CT molecular complexity index is 1500. The highest BCUT2D eigenvalue weighted by molar-refractivity contribution is 7.89. The van der Waals surface area contributed by atoms with E-state index >= 15 is 0 Å². The molecule has 4 aromatic rings. The molecule has 0 atom stereocenters. The van der Waals surface area contributed by atoms with Crippen molar-refractivity contribution in [1.29, 1.82) is 0 Å². The summed E-state index contributed by atoms with van der Waals surface area (Å²) in [6, 6.07) is 9.49. The number of fused-ring (bicyclic) bond motifs is 1. The van der Waals surface area contributed by atoms with E-state index in [9.17, 15) is 13.2 Å². The van der Waals surface area contributed by atoms with E-state index < -0.39 is 10.0 Å². The third-order valence-corrected chi connectivity index (χ3v) is 7.11. The van der Waals surface area contributed by atoms with Crippen molar-refractivity contribution >= 4 is 32.7 Å². The Morgan fingerprint density at radius 2 is 1.74 bits per heavy atom. The summed E-state index contributed by atoms with van der Waals surface area (Å²) < 4.78 is 34.8. The lowest BCUT2D eigenvalue weighted by atomic mass is 10.1. The van der Waals surface area contributed by atoms with Crippen LogP contribution >= 0.6 is 0 Å². The van der Waals surface area contributed by atoms with Crippen LogP contribution in [-0.4, -0.2) is 35.1 Å². The summed E-state index contributed by atoms with van der Waals surface area (Å²) in [5.74, 6) is 1.11. The molecule has 0 saturated carbocycles. The maximum atomic E-state index is 13.4. The lowest BCUT2D eigenvalue weighted by Crippen LogP contribution is -2.30. The second-order valence-corrected chi connectivity index (χ2v) is 10.8. The standard InChI is InChI=1S/C25H29N5O4S/c1-14(2)29-35(32,33)19-9-7-18(8-10-19)27-25(31)21-12-23(20-11-16(5)34-17(20)6)28-24-22(21)13-26-30(24)15(3)4/h7-15,29H,1-6H3,(H,27,31). The van der Waals surface area contributed by atoms with Gasteiger partial charge in [0.05, 0.1) is 27.7 Å². The van der Waals surface area contributed by atoms with Crippen LogP contribution in [-0.2, 0) is 10.0 Å². The Hall–Kier alpha value is -3.50. The number of benzene rings is 1. The second-order valence-electron chi connectivity index (χ2n) is 9.06. The molecular weight excluding hydrogens is 466 g/mol. The van der Waals surface area contributed by atoms with Gasteiger partial charge in [0.1, 0.15) is 11.5 Å². The highest BCUT2D eigenvalue weighted by Crippen LogP contribution is 2.30. The molecule has 10 heteroatoms. The quantitative estimate of drug-likeness (QED) is 0.379. The van der Waals surface area contributed by atoms with Gasteiger partial charge in [-0.1, -0.05) is 0 Å². The Morgan fingerprint density at radius 1 is 1.06 bits per heavy atom. The highest BCUT2D eigenvalue weighted by atomic mass is 32.2. The number of carbonyl (C=O) groups excluding carboxylic acids is 1. The minimum absolute atomic E-state index is 0.0484. The van der Waals surface area contributed by atoms with Crippen molar-refractivity contribution in [3.63, 3.8) is 0 Å². The van der Waals surface area contributed by atoms with Gasteiger partial charge in [-0.05, 0) is 77.9 Å². The molecule has 0 unspecified atom stereocenters. The number of aromatic nitrogens is 3. The van der Waals surface area contributed by atoms with Crippen molar-refractivity contribution in [2.75, 3.05) is 5.32 Å². The first kappa shape index (κ1) is 24.6. The SMILES string of the molecule is Cc1cc(-c2cc(C(=O)Nc3ccc(S(=O)(=O)NC(C)C)cc3)c3cnn(C(C)C)c3n2)c(C)o1. The number of nitrogens with one attached hydrogen (secondary N) is 2. The number of aryl methyl sites for hydroxylation is 2. The summed E-state index contributed by atoms with van der Waals surface area (Å²) in [6.45, 7) is 11.2. The molecule has 1 amide bonds. The van der Waals surface area contributed by atoms with Crippen LogP contribution < -0.4 is 10.0 Å². The predicted octanol–water partition coefficient (Wildman–Crippen LogP) is 4.83. The zero-order valence-corrected chi connectivity index (χ0v) is 21.4. The smallest absolute Gasteiger partial charge is 0.256 e. The lowest BCUT2D eigenvalue weighted by Gasteiger charge is -2.12. The van der Waals surface area contributed by atoms with Crippen LogP contribution in [0.3, 0.4) is 0 Å². The molecule has 0 saturated heterocycles. The molecule has 9 nitrogen and oxygen atoms in total. The number of furan rings is 1. The average molecular weight is 496 g/mol. The third-order valence-electron chi connectivity index (χ3n) is 5.43. The maximum Gasteiger partial charge on any atom is 0.256 e. The van der Waals surface area contributed by atoms with Crippen LogP contribution in [0.25, 0.3) is 22.3 Å². The molecule has 2 N–H and O–H groups in total. The monoisotopic (exact) mass is 495 g/mol. The Kier molecular flexibility index (Phi) is 6.52. The van der Waals surface area contributed by atoms with Gasteiger partial charge in [-0.15, -0.1) is 0 Å². The molecule has 0 fully saturated rings. The van der Waals surface area contributed by atoms with Gasteiger partial charge in [0, 0.05) is 23.3 Å². The van der Waals surface area contributed by atoms with Crippen LogP contribution in [0.4, 0.5) is 5.69 Å². The van der Waals surface area contributed by atoms with E-state index in [1.165, 1.54) is 12.1 Å². The summed E-state index contributed by atoms with van der Waals surface area (Å²) in [4.78, 5) is 18.3. The molecule has 0 aliphatic heterocycles. The van der Waals surface area contributed by atoms with Crippen molar-refractivity contribution in [2.24, 2.45) is 0 Å². The van der Waals surface area contributed by atoms with E-state index in [-0.39, 0.29) is 22.9 Å². The zero-order chi connectivity index (χ0) is 25.5. The second kappa shape index (κ2) is 9.27. The molecule has 0 spiro atoms. The van der Waals surface area contributed by atoms with Crippen molar-refractivity contribution in [3.05, 3.63) is 59.7 Å². The van der Waals surface area contributed by atoms with Crippen molar-refractivity contribution in [2.45, 2.75) is 58.5 Å². The van der Waals surface area contributed by atoms with Crippen LogP contribution in [0, 0.1) is 13.8 Å².